The number of likely N-dealkylation sites (tertiary alicyclic amines) is 2. The van der Waals surface area contributed by atoms with Crippen LogP contribution in [-0.2, 0) is 29.1 Å². The molecule has 2 amide bonds. The number of carbonyl (C=O) groups is 2. The number of piperidine rings is 1. The van der Waals surface area contributed by atoms with E-state index in [1.807, 2.05) is 16.0 Å². The summed E-state index contributed by atoms with van der Waals surface area (Å²) < 4.78 is 2.05. The van der Waals surface area contributed by atoms with Crippen molar-refractivity contribution >= 4 is 11.8 Å². The van der Waals surface area contributed by atoms with Crippen molar-refractivity contribution in [3.05, 3.63) is 53.6 Å². The Morgan fingerprint density at radius 2 is 2.10 bits per heavy atom. The molecule has 3 heterocycles. The van der Waals surface area contributed by atoms with Gasteiger partial charge < -0.3 is 14.4 Å². The molecule has 2 aliphatic rings. The first-order chi connectivity index (χ1) is 14.5. The van der Waals surface area contributed by atoms with Crippen LogP contribution in [-0.4, -0.2) is 50.8 Å². The van der Waals surface area contributed by atoms with Crippen LogP contribution in [0, 0.1) is 12.3 Å². The Hall–Kier alpha value is -2.63. The van der Waals surface area contributed by atoms with Gasteiger partial charge in [-0.25, -0.2) is 4.98 Å². The summed E-state index contributed by atoms with van der Waals surface area (Å²) in [5, 5.41) is 0. The van der Waals surface area contributed by atoms with Gasteiger partial charge >= 0.3 is 0 Å². The van der Waals surface area contributed by atoms with Crippen LogP contribution in [0.1, 0.15) is 49.6 Å². The van der Waals surface area contributed by atoms with Crippen molar-refractivity contribution in [3.63, 3.8) is 0 Å². The number of aromatic nitrogens is 2. The Kier molecular flexibility index (Phi) is 5.93. The van der Waals surface area contributed by atoms with Crippen LogP contribution in [0.2, 0.25) is 0 Å². The number of nitrogens with zero attached hydrogens (tertiary/aromatic N) is 4. The average molecular weight is 409 g/mol. The van der Waals surface area contributed by atoms with Gasteiger partial charge in [0, 0.05) is 58.0 Å². The molecule has 2 saturated heterocycles. The molecule has 0 unspecified atom stereocenters. The number of carbonyl (C=O) groups excluding carboxylic acids is 2. The number of rotatable bonds is 6. The highest BCUT2D eigenvalue weighted by Crippen LogP contribution is 2.40. The molecule has 0 radical (unpaired) electrons. The summed E-state index contributed by atoms with van der Waals surface area (Å²) >= 11 is 0. The third-order valence-corrected chi connectivity index (χ3v) is 6.67. The Morgan fingerprint density at radius 3 is 2.90 bits per heavy atom. The van der Waals surface area contributed by atoms with Gasteiger partial charge in [0.15, 0.2) is 0 Å². The summed E-state index contributed by atoms with van der Waals surface area (Å²) in [5.41, 5.74) is 2.01. The van der Waals surface area contributed by atoms with E-state index in [9.17, 15) is 9.59 Å². The number of aryl methyl sites for hydroxylation is 3. The molecule has 0 aliphatic carbocycles. The second-order valence-electron chi connectivity index (χ2n) is 8.81. The minimum atomic E-state index is -0.388. The van der Waals surface area contributed by atoms with Gasteiger partial charge in [0.05, 0.1) is 5.41 Å². The van der Waals surface area contributed by atoms with Gasteiger partial charge in [-0.3, -0.25) is 9.59 Å². The molecule has 6 nitrogen and oxygen atoms in total. The standard InChI is InChI=1S/C24H32N4O2/c1-3-21-25-11-15-26(21)13-8-22(29)28-14-10-24(18-28)9-5-12-27(23(24)30)17-20-7-4-6-19(2)16-20/h4,6-7,11,15-16H,3,5,8-10,12-14,17-18H2,1-2H3/t24-/m1/s1. The highest BCUT2D eigenvalue weighted by Gasteiger charge is 2.49. The van der Waals surface area contributed by atoms with E-state index in [0.717, 1.165) is 38.1 Å². The molecular formula is C24H32N4O2. The molecule has 2 aromatic rings. The molecule has 4 rings (SSSR count). The fourth-order valence-electron chi connectivity index (χ4n) is 5.03. The zero-order valence-corrected chi connectivity index (χ0v) is 18.1. The van der Waals surface area contributed by atoms with Crippen molar-refractivity contribution in [2.45, 2.75) is 59.0 Å². The molecule has 1 aromatic carbocycles. The minimum Gasteiger partial charge on any atom is -0.342 e. The SMILES string of the molecule is CCc1nccn1CCC(=O)N1CC[C@]2(CCCN(Cc3cccc(C)c3)C2=O)C1. The zero-order valence-electron chi connectivity index (χ0n) is 18.1. The quantitative estimate of drug-likeness (QED) is 0.738. The predicted octanol–water partition coefficient (Wildman–Crippen LogP) is 3.19. The molecule has 0 saturated carbocycles. The first-order valence-electron chi connectivity index (χ1n) is 11.1. The third kappa shape index (κ3) is 4.13. The molecule has 6 heteroatoms. The molecule has 1 aromatic heterocycles. The van der Waals surface area contributed by atoms with Crippen molar-refractivity contribution in [1.29, 1.82) is 0 Å². The van der Waals surface area contributed by atoms with E-state index in [-0.39, 0.29) is 17.2 Å². The molecule has 1 atom stereocenters. The highest BCUT2D eigenvalue weighted by atomic mass is 16.2. The Balaban J connectivity index is 1.37. The summed E-state index contributed by atoms with van der Waals surface area (Å²) in [4.78, 5) is 34.5. The van der Waals surface area contributed by atoms with Crippen molar-refractivity contribution in [3.8, 4) is 0 Å². The molecule has 2 fully saturated rings. The van der Waals surface area contributed by atoms with Crippen LogP contribution in [0.4, 0.5) is 0 Å². The molecule has 0 bridgehead atoms. The van der Waals surface area contributed by atoms with E-state index in [1.54, 1.807) is 6.20 Å². The molecule has 160 valence electrons. The van der Waals surface area contributed by atoms with Crippen molar-refractivity contribution in [2.24, 2.45) is 5.41 Å². The van der Waals surface area contributed by atoms with Gasteiger partial charge in [-0.05, 0) is 31.7 Å². The molecule has 2 aliphatic heterocycles. The van der Waals surface area contributed by atoms with Gasteiger partial charge in [-0.1, -0.05) is 36.8 Å². The van der Waals surface area contributed by atoms with E-state index in [1.165, 1.54) is 11.1 Å². The summed E-state index contributed by atoms with van der Waals surface area (Å²) in [6.45, 7) is 7.53. The van der Waals surface area contributed by atoms with Crippen molar-refractivity contribution < 1.29 is 9.59 Å². The van der Waals surface area contributed by atoms with Crippen LogP contribution in [0.3, 0.4) is 0 Å². The van der Waals surface area contributed by atoms with Crippen molar-refractivity contribution in [1.82, 2.24) is 19.4 Å². The van der Waals surface area contributed by atoms with Gasteiger partial charge in [0.2, 0.25) is 11.8 Å². The first-order valence-corrected chi connectivity index (χ1v) is 11.1. The van der Waals surface area contributed by atoms with Gasteiger partial charge in [0.1, 0.15) is 5.82 Å². The smallest absolute Gasteiger partial charge is 0.230 e. The maximum Gasteiger partial charge on any atom is 0.230 e. The molecule has 30 heavy (non-hydrogen) atoms. The van der Waals surface area contributed by atoms with E-state index in [4.69, 9.17) is 0 Å². The van der Waals surface area contributed by atoms with E-state index in [0.29, 0.717) is 32.6 Å². The average Bonchev–Trinajstić information content (AvgIpc) is 3.37. The Morgan fingerprint density at radius 1 is 1.23 bits per heavy atom. The summed E-state index contributed by atoms with van der Waals surface area (Å²) in [7, 11) is 0. The molecular weight excluding hydrogens is 376 g/mol. The fraction of sp³-hybridized carbons (Fsp3) is 0.542. The van der Waals surface area contributed by atoms with Gasteiger partial charge in [0.25, 0.3) is 0 Å². The largest absolute Gasteiger partial charge is 0.342 e. The van der Waals surface area contributed by atoms with Gasteiger partial charge in [-0.2, -0.15) is 0 Å². The lowest BCUT2D eigenvalue weighted by Crippen LogP contribution is -2.50. The van der Waals surface area contributed by atoms with Crippen LogP contribution >= 0.6 is 0 Å². The maximum absolute atomic E-state index is 13.4. The number of hydrogen-bond acceptors (Lipinski definition) is 3. The maximum atomic E-state index is 13.4. The number of benzene rings is 1. The lowest BCUT2D eigenvalue weighted by atomic mass is 9.78. The van der Waals surface area contributed by atoms with E-state index in [2.05, 4.69) is 47.7 Å². The van der Waals surface area contributed by atoms with Gasteiger partial charge in [-0.15, -0.1) is 0 Å². The van der Waals surface area contributed by atoms with E-state index < -0.39 is 0 Å². The Bertz CT molecular complexity index is 921. The highest BCUT2D eigenvalue weighted by molar-refractivity contribution is 5.86. The van der Waals surface area contributed by atoms with Crippen LogP contribution in [0.15, 0.2) is 36.7 Å². The van der Waals surface area contributed by atoms with Crippen LogP contribution in [0.25, 0.3) is 0 Å². The first kappa shape index (κ1) is 20.6. The second kappa shape index (κ2) is 8.62. The zero-order chi connectivity index (χ0) is 21.1. The predicted molar refractivity (Wildman–Crippen MR) is 116 cm³/mol. The van der Waals surface area contributed by atoms with E-state index >= 15 is 0 Å². The normalized spacial score (nSPS) is 21.6. The fourth-order valence-corrected chi connectivity index (χ4v) is 5.03. The monoisotopic (exact) mass is 408 g/mol. The van der Waals surface area contributed by atoms with Crippen LogP contribution in [0.5, 0.6) is 0 Å². The second-order valence-corrected chi connectivity index (χ2v) is 8.81. The number of imidazole rings is 1. The number of hydrogen-bond donors (Lipinski definition) is 0. The summed E-state index contributed by atoms with van der Waals surface area (Å²) in [5.74, 6) is 1.38. The summed E-state index contributed by atoms with van der Waals surface area (Å²) in [6.07, 6.45) is 7.73. The lowest BCUT2D eigenvalue weighted by Gasteiger charge is -2.39. The lowest BCUT2D eigenvalue weighted by molar-refractivity contribution is -0.146. The van der Waals surface area contributed by atoms with Crippen LogP contribution < -0.4 is 0 Å². The summed E-state index contributed by atoms with van der Waals surface area (Å²) in [6, 6.07) is 8.37. The number of amides is 2. The molecule has 1 spiro atoms. The third-order valence-electron chi connectivity index (χ3n) is 6.67. The Labute approximate surface area is 178 Å². The van der Waals surface area contributed by atoms with Crippen molar-refractivity contribution in [2.75, 3.05) is 19.6 Å². The topological polar surface area (TPSA) is 58.4 Å². The molecule has 0 N–H and O–H groups in total. The minimum absolute atomic E-state index is 0.145.